The molecule has 0 bridgehead atoms. The van der Waals surface area contributed by atoms with Gasteiger partial charge in [0.1, 0.15) is 12.1 Å². The summed E-state index contributed by atoms with van der Waals surface area (Å²) in [5.74, 6) is 2.20. The molecule has 1 heterocycles. The van der Waals surface area contributed by atoms with Crippen LogP contribution in [0.5, 0.6) is 11.5 Å². The molecule has 0 spiro atoms. The van der Waals surface area contributed by atoms with Crippen LogP contribution in [0, 0.1) is 6.92 Å². The van der Waals surface area contributed by atoms with Crippen molar-refractivity contribution in [2.45, 2.75) is 20.0 Å². The highest BCUT2D eigenvalue weighted by Crippen LogP contribution is 2.31. The molecule has 3 rings (SSSR count). The van der Waals surface area contributed by atoms with Crippen LogP contribution in [-0.2, 0) is 13.1 Å². The number of para-hydroxylation sites is 2. The molecule has 6 nitrogen and oxygen atoms in total. The quantitative estimate of drug-likeness (QED) is 0.624. The van der Waals surface area contributed by atoms with Crippen LogP contribution in [0.4, 0.5) is 0 Å². The van der Waals surface area contributed by atoms with Gasteiger partial charge in [-0.2, -0.15) is 0 Å². The van der Waals surface area contributed by atoms with Crippen molar-refractivity contribution in [2.75, 3.05) is 34.4 Å². The first-order chi connectivity index (χ1) is 13.1. The first-order valence-electron chi connectivity index (χ1n) is 9.07. The van der Waals surface area contributed by atoms with E-state index < -0.39 is 0 Å². The van der Waals surface area contributed by atoms with Crippen molar-refractivity contribution in [3.63, 3.8) is 0 Å². The van der Waals surface area contributed by atoms with Gasteiger partial charge in [0.05, 0.1) is 13.7 Å². The summed E-state index contributed by atoms with van der Waals surface area (Å²) < 4.78 is 17.3. The summed E-state index contributed by atoms with van der Waals surface area (Å²) in [5, 5.41) is 3.39. The van der Waals surface area contributed by atoms with Crippen LogP contribution < -0.4 is 14.8 Å². The van der Waals surface area contributed by atoms with Gasteiger partial charge in [0.15, 0.2) is 17.1 Å². The Bertz CT molecular complexity index is 890. The van der Waals surface area contributed by atoms with Crippen LogP contribution in [-0.4, -0.2) is 44.2 Å². The summed E-state index contributed by atoms with van der Waals surface area (Å²) >= 11 is 0. The standard InChI is InChI=1S/C21H27N3O3/c1-15-7-5-9-17-20(15)23-19(27-17)14-22-13-16-8-6-10-18(25-4)21(16)26-12-11-24(2)3/h5-10,22H,11-14H2,1-4H3. The van der Waals surface area contributed by atoms with Crippen molar-refractivity contribution < 1.29 is 13.9 Å². The fourth-order valence-corrected chi connectivity index (χ4v) is 2.87. The number of oxazole rings is 1. The van der Waals surface area contributed by atoms with E-state index >= 15 is 0 Å². The van der Waals surface area contributed by atoms with Crippen LogP contribution >= 0.6 is 0 Å². The number of benzene rings is 2. The van der Waals surface area contributed by atoms with Crippen LogP contribution in [0.25, 0.3) is 11.1 Å². The lowest BCUT2D eigenvalue weighted by molar-refractivity contribution is 0.248. The van der Waals surface area contributed by atoms with E-state index in [4.69, 9.17) is 13.9 Å². The lowest BCUT2D eigenvalue weighted by atomic mass is 10.2. The molecule has 1 N–H and O–H groups in total. The maximum atomic E-state index is 5.99. The molecule has 0 amide bonds. The highest BCUT2D eigenvalue weighted by Gasteiger charge is 2.12. The summed E-state index contributed by atoms with van der Waals surface area (Å²) in [6.45, 7) is 4.66. The fourth-order valence-electron chi connectivity index (χ4n) is 2.87. The summed E-state index contributed by atoms with van der Waals surface area (Å²) in [7, 11) is 5.71. The molecular weight excluding hydrogens is 342 g/mol. The van der Waals surface area contributed by atoms with Crippen molar-refractivity contribution in [1.29, 1.82) is 0 Å². The van der Waals surface area contributed by atoms with Gasteiger partial charge in [-0.25, -0.2) is 4.98 Å². The Balaban J connectivity index is 1.66. The fraction of sp³-hybridized carbons (Fsp3) is 0.381. The van der Waals surface area contributed by atoms with Crippen LogP contribution in [0.3, 0.4) is 0 Å². The largest absolute Gasteiger partial charge is 0.493 e. The number of rotatable bonds is 9. The maximum absolute atomic E-state index is 5.99. The lowest BCUT2D eigenvalue weighted by Gasteiger charge is -2.17. The third-order valence-corrected chi connectivity index (χ3v) is 4.32. The number of aromatic nitrogens is 1. The predicted octanol–water partition coefficient (Wildman–Crippen LogP) is 3.38. The second-order valence-electron chi connectivity index (χ2n) is 6.73. The first kappa shape index (κ1) is 19.2. The molecule has 0 fully saturated rings. The minimum absolute atomic E-state index is 0.544. The molecule has 0 unspecified atom stereocenters. The number of likely N-dealkylation sites (N-methyl/N-ethyl adjacent to an activating group) is 1. The minimum atomic E-state index is 0.544. The second kappa shape index (κ2) is 8.88. The summed E-state index contributed by atoms with van der Waals surface area (Å²) in [6.07, 6.45) is 0. The van der Waals surface area contributed by atoms with Gasteiger partial charge >= 0.3 is 0 Å². The average Bonchev–Trinajstić information content (AvgIpc) is 3.07. The number of nitrogens with one attached hydrogen (secondary N) is 1. The number of hydrogen-bond acceptors (Lipinski definition) is 6. The highest BCUT2D eigenvalue weighted by molar-refractivity contribution is 5.76. The Hall–Kier alpha value is -2.57. The van der Waals surface area contributed by atoms with Gasteiger partial charge in [-0.1, -0.05) is 24.3 Å². The average molecular weight is 369 g/mol. The Morgan fingerprint density at radius 1 is 1.11 bits per heavy atom. The monoisotopic (exact) mass is 369 g/mol. The molecule has 0 saturated heterocycles. The predicted molar refractivity (Wildman–Crippen MR) is 106 cm³/mol. The SMILES string of the molecule is COc1cccc(CNCc2nc3c(C)cccc3o2)c1OCCN(C)C. The van der Waals surface area contributed by atoms with Crippen LogP contribution in [0.15, 0.2) is 40.8 Å². The maximum Gasteiger partial charge on any atom is 0.209 e. The van der Waals surface area contributed by atoms with E-state index in [2.05, 4.69) is 15.2 Å². The molecule has 0 aliphatic heterocycles. The van der Waals surface area contributed by atoms with Crippen molar-refractivity contribution in [2.24, 2.45) is 0 Å². The minimum Gasteiger partial charge on any atom is -0.493 e. The number of aryl methyl sites for hydroxylation is 1. The van der Waals surface area contributed by atoms with Crippen LogP contribution in [0.2, 0.25) is 0 Å². The molecule has 0 aliphatic carbocycles. The van der Waals surface area contributed by atoms with E-state index in [1.165, 1.54) is 0 Å². The Kier molecular flexibility index (Phi) is 6.32. The Morgan fingerprint density at radius 2 is 1.93 bits per heavy atom. The molecule has 2 aromatic carbocycles. The lowest BCUT2D eigenvalue weighted by Crippen LogP contribution is -2.20. The number of methoxy groups -OCH3 is 1. The van der Waals surface area contributed by atoms with Gasteiger partial charge in [-0.15, -0.1) is 0 Å². The topological polar surface area (TPSA) is 59.8 Å². The van der Waals surface area contributed by atoms with Crippen LogP contribution in [0.1, 0.15) is 17.0 Å². The number of fused-ring (bicyclic) bond motifs is 1. The zero-order valence-corrected chi connectivity index (χ0v) is 16.4. The Morgan fingerprint density at radius 3 is 2.67 bits per heavy atom. The van der Waals surface area contributed by atoms with E-state index in [9.17, 15) is 0 Å². The molecule has 0 atom stereocenters. The smallest absolute Gasteiger partial charge is 0.209 e. The van der Waals surface area contributed by atoms with E-state index in [0.717, 1.165) is 40.3 Å². The number of hydrogen-bond donors (Lipinski definition) is 1. The summed E-state index contributed by atoms with van der Waals surface area (Å²) in [6, 6.07) is 11.9. The van der Waals surface area contributed by atoms with E-state index in [-0.39, 0.29) is 0 Å². The molecule has 144 valence electrons. The molecule has 1 aromatic heterocycles. The molecule has 3 aromatic rings. The normalized spacial score (nSPS) is 11.3. The third kappa shape index (κ3) is 4.78. The zero-order valence-electron chi connectivity index (χ0n) is 16.4. The van der Waals surface area contributed by atoms with E-state index in [1.807, 2.05) is 57.4 Å². The number of nitrogens with zero attached hydrogens (tertiary/aromatic N) is 2. The van der Waals surface area contributed by atoms with Gasteiger partial charge < -0.3 is 24.1 Å². The van der Waals surface area contributed by atoms with E-state index in [0.29, 0.717) is 25.6 Å². The molecule has 27 heavy (non-hydrogen) atoms. The zero-order chi connectivity index (χ0) is 19.2. The number of ether oxygens (including phenoxy) is 2. The van der Waals surface area contributed by atoms with Crippen molar-refractivity contribution >= 4 is 11.1 Å². The first-order valence-corrected chi connectivity index (χ1v) is 9.07. The molecule has 0 saturated carbocycles. The highest BCUT2D eigenvalue weighted by atomic mass is 16.5. The molecular formula is C21H27N3O3. The third-order valence-electron chi connectivity index (χ3n) is 4.32. The van der Waals surface area contributed by atoms with Crippen molar-refractivity contribution in [1.82, 2.24) is 15.2 Å². The van der Waals surface area contributed by atoms with Crippen molar-refractivity contribution in [3.05, 3.63) is 53.4 Å². The molecule has 0 aliphatic rings. The van der Waals surface area contributed by atoms with Gasteiger partial charge in [0.25, 0.3) is 0 Å². The molecule has 6 heteroatoms. The van der Waals surface area contributed by atoms with E-state index in [1.54, 1.807) is 7.11 Å². The summed E-state index contributed by atoms with van der Waals surface area (Å²) in [4.78, 5) is 6.66. The van der Waals surface area contributed by atoms with Gasteiger partial charge in [0, 0.05) is 18.7 Å². The Labute approximate surface area is 160 Å². The van der Waals surface area contributed by atoms with Gasteiger partial charge in [-0.05, 0) is 38.7 Å². The van der Waals surface area contributed by atoms with Gasteiger partial charge in [-0.3, -0.25) is 0 Å². The van der Waals surface area contributed by atoms with Crippen molar-refractivity contribution in [3.8, 4) is 11.5 Å². The molecule has 0 radical (unpaired) electrons. The second-order valence-corrected chi connectivity index (χ2v) is 6.73. The summed E-state index contributed by atoms with van der Waals surface area (Å²) in [5.41, 5.74) is 3.90. The van der Waals surface area contributed by atoms with Gasteiger partial charge in [0.2, 0.25) is 5.89 Å².